The molecule has 1 aliphatic rings. The Balaban J connectivity index is 0.00000210. The lowest BCUT2D eigenvalue weighted by molar-refractivity contribution is 0.172. The summed E-state index contributed by atoms with van der Waals surface area (Å²) in [6.07, 6.45) is 1.74. The van der Waals surface area contributed by atoms with E-state index in [1.165, 1.54) is 0 Å². The second kappa shape index (κ2) is 8.15. The molecule has 0 saturated carbocycles. The maximum Gasteiger partial charge on any atom is 0.198 e. The van der Waals surface area contributed by atoms with E-state index in [4.69, 9.17) is 9.47 Å². The highest BCUT2D eigenvalue weighted by molar-refractivity contribution is 5.93. The van der Waals surface area contributed by atoms with Gasteiger partial charge in [-0.15, -0.1) is 12.4 Å². The predicted octanol–water partition coefficient (Wildman–Crippen LogP) is 3.08. The molecule has 0 spiro atoms. The third-order valence-electron chi connectivity index (χ3n) is 5.02. The van der Waals surface area contributed by atoms with E-state index in [1.54, 1.807) is 6.20 Å². The van der Waals surface area contributed by atoms with E-state index in [1.807, 2.05) is 24.3 Å². The van der Waals surface area contributed by atoms with Crippen molar-refractivity contribution in [2.45, 2.75) is 20.4 Å². The number of pyridine rings is 2. The number of benzene rings is 1. The minimum Gasteiger partial charge on any atom is -0.486 e. The quantitative estimate of drug-likeness (QED) is 0.628. The molecule has 0 aliphatic carbocycles. The molecule has 0 N–H and O–H groups in total. The molecule has 3 heterocycles. The summed E-state index contributed by atoms with van der Waals surface area (Å²) in [6.45, 7) is 8.98. The number of hydrogen-bond acceptors (Lipinski definition) is 5. The second-order valence-corrected chi connectivity index (χ2v) is 6.40. The lowest BCUT2D eigenvalue weighted by atomic mass is 10.1. The van der Waals surface area contributed by atoms with Crippen molar-refractivity contribution in [3.05, 3.63) is 40.7 Å². The lowest BCUT2D eigenvalue weighted by Crippen LogP contribution is -2.28. The van der Waals surface area contributed by atoms with E-state index >= 15 is 0 Å². The van der Waals surface area contributed by atoms with Crippen LogP contribution in [0.2, 0.25) is 0 Å². The molecular formula is C20H24ClN3O3. The summed E-state index contributed by atoms with van der Waals surface area (Å²) in [4.78, 5) is 19.9. The summed E-state index contributed by atoms with van der Waals surface area (Å²) in [5, 5.41) is 1.28. The van der Waals surface area contributed by atoms with Crippen molar-refractivity contribution in [1.82, 2.24) is 14.5 Å². The van der Waals surface area contributed by atoms with Gasteiger partial charge in [0.05, 0.1) is 16.3 Å². The summed E-state index contributed by atoms with van der Waals surface area (Å²) >= 11 is 0. The van der Waals surface area contributed by atoms with Gasteiger partial charge in [0.15, 0.2) is 16.9 Å². The van der Waals surface area contributed by atoms with Crippen molar-refractivity contribution >= 4 is 34.3 Å². The van der Waals surface area contributed by atoms with Gasteiger partial charge >= 0.3 is 0 Å². The number of ether oxygens (including phenoxy) is 2. The zero-order valence-corrected chi connectivity index (χ0v) is 16.4. The molecule has 27 heavy (non-hydrogen) atoms. The van der Waals surface area contributed by atoms with E-state index in [2.05, 4.69) is 28.3 Å². The third kappa shape index (κ3) is 3.47. The fourth-order valence-corrected chi connectivity index (χ4v) is 3.54. The van der Waals surface area contributed by atoms with Crippen LogP contribution in [0.1, 0.15) is 13.8 Å². The predicted molar refractivity (Wildman–Crippen MR) is 110 cm³/mol. The number of halogens is 1. The summed E-state index contributed by atoms with van der Waals surface area (Å²) in [5.41, 5.74) is 1.55. The molecule has 0 atom stereocenters. The molecule has 0 bridgehead atoms. The van der Waals surface area contributed by atoms with Crippen LogP contribution in [-0.4, -0.2) is 47.3 Å². The number of aromatic nitrogens is 2. The Morgan fingerprint density at radius 1 is 1.11 bits per heavy atom. The van der Waals surface area contributed by atoms with Gasteiger partial charge in [-0.25, -0.2) is 4.98 Å². The highest BCUT2D eigenvalue weighted by Crippen LogP contribution is 2.34. The number of nitrogens with zero attached hydrogens (tertiary/aromatic N) is 3. The lowest BCUT2D eigenvalue weighted by Gasteiger charge is -2.23. The van der Waals surface area contributed by atoms with Crippen LogP contribution in [0.3, 0.4) is 0 Å². The normalized spacial score (nSPS) is 13.1. The molecule has 0 amide bonds. The van der Waals surface area contributed by atoms with Gasteiger partial charge in [-0.05, 0) is 31.3 Å². The van der Waals surface area contributed by atoms with E-state index in [0.717, 1.165) is 31.7 Å². The Morgan fingerprint density at radius 3 is 2.52 bits per heavy atom. The Bertz CT molecular complexity index is 1010. The van der Waals surface area contributed by atoms with Gasteiger partial charge in [0.1, 0.15) is 18.9 Å². The fourth-order valence-electron chi connectivity index (χ4n) is 3.54. The molecule has 7 heteroatoms. The molecule has 4 rings (SSSR count). The monoisotopic (exact) mass is 389 g/mol. The van der Waals surface area contributed by atoms with Crippen LogP contribution >= 0.6 is 12.4 Å². The van der Waals surface area contributed by atoms with E-state index in [-0.39, 0.29) is 17.8 Å². The maximum atomic E-state index is 13.0. The SMILES string of the molecule is CCN(CC)CCn1c2cc3c(cc2c(=O)c2cccnc21)OCCO3.Cl. The van der Waals surface area contributed by atoms with E-state index < -0.39 is 0 Å². The minimum absolute atomic E-state index is 0. The molecule has 3 aromatic rings. The molecule has 1 aromatic carbocycles. The fraction of sp³-hybridized carbons (Fsp3) is 0.400. The van der Waals surface area contributed by atoms with E-state index in [9.17, 15) is 4.79 Å². The Hall–Kier alpha value is -2.31. The zero-order valence-electron chi connectivity index (χ0n) is 15.6. The van der Waals surface area contributed by atoms with E-state index in [0.29, 0.717) is 41.1 Å². The summed E-state index contributed by atoms with van der Waals surface area (Å²) in [6, 6.07) is 7.38. The molecule has 0 fully saturated rings. The van der Waals surface area contributed by atoms with Gasteiger partial charge in [0.2, 0.25) is 0 Å². The standard InChI is InChI=1S/C20H23N3O3.ClH/c1-3-22(4-2)8-9-23-16-13-18-17(25-10-11-26-18)12-15(16)19(24)14-6-5-7-21-20(14)23;/h5-7,12-13H,3-4,8-11H2,1-2H3;1H. The van der Waals surface area contributed by atoms with Crippen LogP contribution in [0.5, 0.6) is 11.5 Å². The van der Waals surface area contributed by atoms with Crippen molar-refractivity contribution in [1.29, 1.82) is 0 Å². The van der Waals surface area contributed by atoms with Gasteiger partial charge in [-0.3, -0.25) is 4.79 Å². The van der Waals surface area contributed by atoms with Crippen LogP contribution in [0, 0.1) is 0 Å². The highest BCUT2D eigenvalue weighted by atomic mass is 35.5. The van der Waals surface area contributed by atoms with Gasteiger partial charge in [-0.1, -0.05) is 13.8 Å². The Kier molecular flexibility index (Phi) is 5.87. The molecule has 2 aromatic heterocycles. The molecule has 144 valence electrons. The van der Waals surface area contributed by atoms with Crippen LogP contribution < -0.4 is 14.9 Å². The van der Waals surface area contributed by atoms with Crippen LogP contribution in [-0.2, 0) is 6.54 Å². The van der Waals surface area contributed by atoms with Crippen LogP contribution in [0.15, 0.2) is 35.3 Å². The van der Waals surface area contributed by atoms with Crippen molar-refractivity contribution in [2.75, 3.05) is 32.8 Å². The average molecular weight is 390 g/mol. The minimum atomic E-state index is -0.0147. The molecule has 0 radical (unpaired) electrons. The summed E-state index contributed by atoms with van der Waals surface area (Å²) in [7, 11) is 0. The van der Waals surface area contributed by atoms with Crippen LogP contribution in [0.25, 0.3) is 21.9 Å². The maximum absolute atomic E-state index is 13.0. The first-order valence-corrected chi connectivity index (χ1v) is 9.16. The molecule has 6 nitrogen and oxygen atoms in total. The second-order valence-electron chi connectivity index (χ2n) is 6.40. The first-order valence-electron chi connectivity index (χ1n) is 9.16. The summed E-state index contributed by atoms with van der Waals surface area (Å²) < 4.78 is 13.5. The van der Waals surface area contributed by atoms with Crippen molar-refractivity contribution < 1.29 is 9.47 Å². The first-order chi connectivity index (χ1) is 12.7. The molecule has 0 unspecified atom stereocenters. The zero-order chi connectivity index (χ0) is 18.1. The van der Waals surface area contributed by atoms with Crippen molar-refractivity contribution in [3.63, 3.8) is 0 Å². The number of hydrogen-bond donors (Lipinski definition) is 0. The summed E-state index contributed by atoms with van der Waals surface area (Å²) in [5.74, 6) is 1.33. The smallest absolute Gasteiger partial charge is 0.198 e. The number of likely N-dealkylation sites (N-methyl/N-ethyl adjacent to an activating group) is 1. The number of fused-ring (bicyclic) bond motifs is 3. The highest BCUT2D eigenvalue weighted by Gasteiger charge is 2.18. The van der Waals surface area contributed by atoms with Gasteiger partial charge in [0.25, 0.3) is 0 Å². The Labute approximate surface area is 164 Å². The largest absolute Gasteiger partial charge is 0.486 e. The van der Waals surface area contributed by atoms with Crippen LogP contribution in [0.4, 0.5) is 0 Å². The molecular weight excluding hydrogens is 366 g/mol. The molecule has 1 aliphatic heterocycles. The van der Waals surface area contributed by atoms with Crippen molar-refractivity contribution in [2.24, 2.45) is 0 Å². The topological polar surface area (TPSA) is 56.6 Å². The third-order valence-corrected chi connectivity index (χ3v) is 5.02. The number of rotatable bonds is 5. The van der Waals surface area contributed by atoms with Gasteiger partial charge in [-0.2, -0.15) is 0 Å². The average Bonchev–Trinajstić information content (AvgIpc) is 2.69. The van der Waals surface area contributed by atoms with Gasteiger partial charge < -0.3 is 18.9 Å². The van der Waals surface area contributed by atoms with Gasteiger partial charge in [0, 0.05) is 25.4 Å². The molecule has 0 saturated heterocycles. The van der Waals surface area contributed by atoms with Crippen molar-refractivity contribution in [3.8, 4) is 11.5 Å². The first kappa shape index (κ1) is 19.5. The Morgan fingerprint density at radius 2 is 1.81 bits per heavy atom.